The zero-order valence-electron chi connectivity index (χ0n) is 16.7. The first-order chi connectivity index (χ1) is 13.6. The second-order valence-electron chi connectivity index (χ2n) is 6.94. The van der Waals surface area contributed by atoms with E-state index < -0.39 is 0 Å². The molecular weight excluding hydrogens is 356 g/mol. The number of nitrogens with one attached hydrogen (secondary N) is 1. The molecule has 150 valence electrons. The van der Waals surface area contributed by atoms with Crippen molar-refractivity contribution < 1.29 is 19.0 Å². The second-order valence-corrected chi connectivity index (χ2v) is 6.94. The van der Waals surface area contributed by atoms with E-state index in [2.05, 4.69) is 22.3 Å². The highest BCUT2D eigenvalue weighted by Crippen LogP contribution is 2.24. The zero-order chi connectivity index (χ0) is 19.9. The van der Waals surface area contributed by atoms with Crippen LogP contribution in [0.25, 0.3) is 0 Å². The minimum Gasteiger partial charge on any atom is -0.497 e. The smallest absolute Gasteiger partial charge is 0.255 e. The van der Waals surface area contributed by atoms with Crippen LogP contribution < -0.4 is 19.5 Å². The average molecular weight is 384 g/mol. The van der Waals surface area contributed by atoms with Crippen molar-refractivity contribution in [2.75, 3.05) is 34.4 Å². The highest BCUT2D eigenvalue weighted by Gasteiger charge is 2.23. The van der Waals surface area contributed by atoms with Crippen LogP contribution in [0.3, 0.4) is 0 Å². The normalized spacial score (nSPS) is 15.1. The third kappa shape index (κ3) is 4.95. The number of piperidine rings is 1. The van der Waals surface area contributed by atoms with E-state index in [4.69, 9.17) is 14.2 Å². The van der Waals surface area contributed by atoms with Crippen molar-refractivity contribution in [2.45, 2.75) is 25.4 Å². The molecule has 0 bridgehead atoms. The summed E-state index contributed by atoms with van der Waals surface area (Å²) in [4.78, 5) is 15.1. The Morgan fingerprint density at radius 1 is 1.00 bits per heavy atom. The Hall–Kier alpha value is -2.73. The van der Waals surface area contributed by atoms with E-state index >= 15 is 0 Å². The Morgan fingerprint density at radius 3 is 2.39 bits per heavy atom. The van der Waals surface area contributed by atoms with Gasteiger partial charge in [-0.2, -0.15) is 0 Å². The van der Waals surface area contributed by atoms with Crippen LogP contribution in [0.4, 0.5) is 0 Å². The minimum absolute atomic E-state index is 0.123. The van der Waals surface area contributed by atoms with Crippen LogP contribution in [0.5, 0.6) is 17.2 Å². The molecule has 0 saturated carbocycles. The fourth-order valence-electron chi connectivity index (χ4n) is 3.52. The highest BCUT2D eigenvalue weighted by atomic mass is 16.5. The predicted molar refractivity (Wildman–Crippen MR) is 108 cm³/mol. The molecule has 0 unspecified atom stereocenters. The first-order valence-electron chi connectivity index (χ1n) is 9.51. The quantitative estimate of drug-likeness (QED) is 0.795. The summed E-state index contributed by atoms with van der Waals surface area (Å²) < 4.78 is 15.9. The van der Waals surface area contributed by atoms with Gasteiger partial charge >= 0.3 is 0 Å². The number of ether oxygens (including phenoxy) is 3. The maximum absolute atomic E-state index is 12.7. The van der Waals surface area contributed by atoms with E-state index in [1.807, 2.05) is 12.1 Å². The Balaban J connectivity index is 1.54. The first-order valence-corrected chi connectivity index (χ1v) is 9.51. The number of benzene rings is 2. The predicted octanol–water partition coefficient (Wildman–Crippen LogP) is 3.11. The monoisotopic (exact) mass is 384 g/mol. The Morgan fingerprint density at radius 2 is 1.71 bits per heavy atom. The summed E-state index contributed by atoms with van der Waals surface area (Å²) in [6.45, 7) is 2.77. The lowest BCUT2D eigenvalue weighted by Gasteiger charge is -2.32. The van der Waals surface area contributed by atoms with Gasteiger partial charge in [-0.3, -0.25) is 9.69 Å². The van der Waals surface area contributed by atoms with Gasteiger partial charge in [0.15, 0.2) is 0 Å². The van der Waals surface area contributed by atoms with Gasteiger partial charge < -0.3 is 19.5 Å². The summed E-state index contributed by atoms with van der Waals surface area (Å²) in [7, 11) is 4.84. The summed E-state index contributed by atoms with van der Waals surface area (Å²) in [6, 6.07) is 13.6. The van der Waals surface area contributed by atoms with Gasteiger partial charge in [0.1, 0.15) is 17.2 Å². The second kappa shape index (κ2) is 9.46. The summed E-state index contributed by atoms with van der Waals surface area (Å²) >= 11 is 0. The number of hydrogen-bond acceptors (Lipinski definition) is 5. The molecule has 0 atom stereocenters. The zero-order valence-corrected chi connectivity index (χ0v) is 16.7. The molecule has 2 aromatic rings. The van der Waals surface area contributed by atoms with Crippen molar-refractivity contribution in [3.05, 3.63) is 53.6 Å². The average Bonchev–Trinajstić information content (AvgIpc) is 2.74. The van der Waals surface area contributed by atoms with Crippen LogP contribution in [0.2, 0.25) is 0 Å². The maximum atomic E-state index is 12.7. The SMILES string of the molecule is COc1cccc(CN2CCC(NC(=O)c3cc(OC)ccc3OC)CC2)c1. The number of carbonyl (C=O) groups is 1. The van der Waals surface area contributed by atoms with Crippen molar-refractivity contribution in [1.29, 1.82) is 0 Å². The summed E-state index contributed by atoms with van der Waals surface area (Å²) in [5.41, 5.74) is 1.74. The molecular formula is C22H28N2O4. The van der Waals surface area contributed by atoms with Crippen molar-refractivity contribution in [3.63, 3.8) is 0 Å². The molecule has 28 heavy (non-hydrogen) atoms. The van der Waals surface area contributed by atoms with E-state index in [9.17, 15) is 4.79 Å². The van der Waals surface area contributed by atoms with Crippen molar-refractivity contribution >= 4 is 5.91 Å². The summed E-state index contributed by atoms with van der Waals surface area (Å²) in [5.74, 6) is 1.95. The van der Waals surface area contributed by atoms with Crippen molar-refractivity contribution in [2.24, 2.45) is 0 Å². The Bertz CT molecular complexity index is 801. The standard InChI is InChI=1S/C22H28N2O4/c1-26-18-6-4-5-16(13-18)15-24-11-9-17(10-12-24)23-22(25)20-14-19(27-2)7-8-21(20)28-3/h4-8,13-14,17H,9-12,15H2,1-3H3,(H,23,25). The fourth-order valence-corrected chi connectivity index (χ4v) is 3.52. The van der Waals surface area contributed by atoms with Gasteiger partial charge in [0, 0.05) is 25.7 Å². The van der Waals surface area contributed by atoms with Crippen LogP contribution in [0.15, 0.2) is 42.5 Å². The fraction of sp³-hybridized carbons (Fsp3) is 0.409. The van der Waals surface area contributed by atoms with Gasteiger partial charge in [-0.05, 0) is 48.7 Å². The molecule has 6 nitrogen and oxygen atoms in total. The summed E-state index contributed by atoms with van der Waals surface area (Å²) in [5, 5.41) is 3.14. The Kier molecular flexibility index (Phi) is 6.76. The van der Waals surface area contributed by atoms with Crippen molar-refractivity contribution in [3.8, 4) is 17.2 Å². The number of carbonyl (C=O) groups excluding carboxylic acids is 1. The third-order valence-corrected chi connectivity index (χ3v) is 5.11. The Labute approximate surface area is 166 Å². The van der Waals surface area contributed by atoms with Crippen LogP contribution >= 0.6 is 0 Å². The molecule has 1 amide bonds. The van der Waals surface area contributed by atoms with Crippen molar-refractivity contribution in [1.82, 2.24) is 10.2 Å². The van der Waals surface area contributed by atoms with Crippen LogP contribution in [0, 0.1) is 0 Å². The molecule has 1 heterocycles. The number of amides is 1. The largest absolute Gasteiger partial charge is 0.497 e. The molecule has 0 spiro atoms. The molecule has 6 heteroatoms. The van der Waals surface area contributed by atoms with Gasteiger partial charge in [-0.1, -0.05) is 12.1 Å². The number of rotatable bonds is 7. The third-order valence-electron chi connectivity index (χ3n) is 5.11. The molecule has 0 aromatic heterocycles. The lowest BCUT2D eigenvalue weighted by atomic mass is 10.0. The van der Waals surface area contributed by atoms with Gasteiger partial charge in [-0.15, -0.1) is 0 Å². The highest BCUT2D eigenvalue weighted by molar-refractivity contribution is 5.97. The molecule has 1 saturated heterocycles. The van der Waals surface area contributed by atoms with Gasteiger partial charge in [0.25, 0.3) is 5.91 Å². The van der Waals surface area contributed by atoms with Gasteiger partial charge in [0.2, 0.25) is 0 Å². The van der Waals surface area contributed by atoms with E-state index in [1.54, 1.807) is 39.5 Å². The molecule has 1 fully saturated rings. The van der Waals surface area contributed by atoms with E-state index in [0.29, 0.717) is 17.1 Å². The van der Waals surface area contributed by atoms with E-state index in [-0.39, 0.29) is 11.9 Å². The molecule has 1 aliphatic rings. The molecule has 1 N–H and O–H groups in total. The van der Waals surface area contributed by atoms with Gasteiger partial charge in [-0.25, -0.2) is 0 Å². The molecule has 3 rings (SSSR count). The minimum atomic E-state index is -0.123. The van der Waals surface area contributed by atoms with E-state index in [0.717, 1.165) is 38.2 Å². The number of methoxy groups -OCH3 is 3. The lowest BCUT2D eigenvalue weighted by molar-refractivity contribution is 0.0905. The number of hydrogen-bond donors (Lipinski definition) is 1. The molecule has 2 aromatic carbocycles. The van der Waals surface area contributed by atoms with E-state index in [1.165, 1.54) is 5.56 Å². The topological polar surface area (TPSA) is 60.0 Å². The maximum Gasteiger partial charge on any atom is 0.255 e. The van der Waals surface area contributed by atoms with Crippen LogP contribution in [-0.2, 0) is 6.54 Å². The lowest BCUT2D eigenvalue weighted by Crippen LogP contribution is -2.44. The van der Waals surface area contributed by atoms with Gasteiger partial charge in [0.05, 0.1) is 26.9 Å². The molecule has 0 aliphatic carbocycles. The molecule has 0 radical (unpaired) electrons. The van der Waals surface area contributed by atoms with Crippen LogP contribution in [-0.4, -0.2) is 51.3 Å². The summed E-state index contributed by atoms with van der Waals surface area (Å²) in [6.07, 6.45) is 1.84. The number of nitrogens with zero attached hydrogens (tertiary/aromatic N) is 1. The first kappa shape index (κ1) is 20.0. The number of likely N-dealkylation sites (tertiary alicyclic amines) is 1. The molecule has 1 aliphatic heterocycles. The van der Waals surface area contributed by atoms with Crippen LogP contribution in [0.1, 0.15) is 28.8 Å².